The first-order chi connectivity index (χ1) is 26.5. The van der Waals surface area contributed by atoms with Crippen LogP contribution in [0.15, 0.2) is 35.3 Å². The molecule has 0 radical (unpaired) electrons. The topological polar surface area (TPSA) is 338 Å². The zero-order chi connectivity index (χ0) is 42.1. The lowest BCUT2D eigenvalue weighted by atomic mass is 10.0. The van der Waals surface area contributed by atoms with Crippen LogP contribution in [0.5, 0.6) is 0 Å². The minimum Gasteiger partial charge on any atom is -0.475 e. The molecule has 0 spiro atoms. The molecule has 20 nitrogen and oxygen atoms in total. The molecule has 15 N–H and O–H groups in total. The first-order valence-corrected chi connectivity index (χ1v) is 17.6. The number of carbonyl (C=O) groups excluding carboxylic acids is 6. The molecule has 2 rings (SSSR count). The minimum absolute atomic E-state index is 0.0187. The van der Waals surface area contributed by atoms with Crippen LogP contribution in [0.25, 0.3) is 0 Å². The average Bonchev–Trinajstić information content (AvgIpc) is 3.14. The van der Waals surface area contributed by atoms with Crippen LogP contribution in [-0.4, -0.2) is 116 Å². The van der Waals surface area contributed by atoms with Crippen LogP contribution in [0.1, 0.15) is 63.0 Å². The SMILES string of the molecule is NCCCC[C@@H]1NC(=O)[C@H](CCCCN)NC(=O)[C@@H](c2ccccc2)NC(=O)CCNC(=O)CNC(=O)[C@H](N=C(N)N)CCOCNC1=O.O=C(O)C(F)(F)F. The van der Waals surface area contributed by atoms with Crippen molar-refractivity contribution in [1.82, 2.24) is 31.9 Å². The zero-order valence-electron chi connectivity index (χ0n) is 30.7. The number of guanidine groups is 1. The van der Waals surface area contributed by atoms with Gasteiger partial charge in [-0.2, -0.15) is 13.2 Å². The van der Waals surface area contributed by atoms with E-state index in [-0.39, 0.29) is 51.5 Å². The van der Waals surface area contributed by atoms with Crippen molar-refractivity contribution >= 4 is 47.4 Å². The lowest BCUT2D eigenvalue weighted by Gasteiger charge is -2.26. The van der Waals surface area contributed by atoms with Crippen LogP contribution in [-0.2, 0) is 38.3 Å². The van der Waals surface area contributed by atoms with Crippen LogP contribution in [0.2, 0.25) is 0 Å². The molecule has 0 saturated carbocycles. The summed E-state index contributed by atoms with van der Waals surface area (Å²) in [6, 6.07) is 4.16. The van der Waals surface area contributed by atoms with E-state index in [1.54, 1.807) is 30.3 Å². The van der Waals surface area contributed by atoms with Gasteiger partial charge in [0, 0.05) is 19.4 Å². The molecule has 0 aliphatic carbocycles. The molecule has 1 aliphatic heterocycles. The Balaban J connectivity index is 0.00000203. The first kappa shape index (κ1) is 48.5. The van der Waals surface area contributed by atoms with Crippen molar-refractivity contribution < 1.29 is 56.6 Å². The van der Waals surface area contributed by atoms with Gasteiger partial charge in [0.05, 0.1) is 13.2 Å². The number of carboxylic acids is 1. The van der Waals surface area contributed by atoms with Gasteiger partial charge < -0.3 is 64.7 Å². The number of amides is 6. The Morgan fingerprint density at radius 3 is 1.91 bits per heavy atom. The molecule has 1 saturated heterocycles. The number of benzene rings is 1. The molecule has 1 aliphatic rings. The van der Waals surface area contributed by atoms with Crippen molar-refractivity contribution in [1.29, 1.82) is 0 Å². The number of halogens is 3. The van der Waals surface area contributed by atoms with Gasteiger partial charge in [-0.25, -0.2) is 9.79 Å². The Hall–Kier alpha value is -5.55. The molecule has 1 aromatic rings. The van der Waals surface area contributed by atoms with E-state index in [9.17, 15) is 41.9 Å². The number of nitrogens with two attached hydrogens (primary N) is 4. The molecule has 1 heterocycles. The number of alkyl halides is 3. The number of hydrogen-bond acceptors (Lipinski definition) is 11. The van der Waals surface area contributed by atoms with Gasteiger partial charge in [0.1, 0.15) is 30.9 Å². The predicted molar refractivity (Wildman–Crippen MR) is 195 cm³/mol. The van der Waals surface area contributed by atoms with E-state index in [1.165, 1.54) is 0 Å². The highest BCUT2D eigenvalue weighted by molar-refractivity contribution is 5.95. The van der Waals surface area contributed by atoms with Gasteiger partial charge in [-0.15, -0.1) is 0 Å². The van der Waals surface area contributed by atoms with Crippen molar-refractivity contribution in [2.45, 2.75) is 81.7 Å². The summed E-state index contributed by atoms with van der Waals surface area (Å²) >= 11 is 0. The molecule has 4 atom stereocenters. The van der Waals surface area contributed by atoms with E-state index in [4.69, 9.17) is 37.6 Å². The normalized spacial score (nSPS) is 21.3. The number of nitrogens with zero attached hydrogens (tertiary/aromatic N) is 1. The number of hydrogen-bond donors (Lipinski definition) is 11. The Labute approximate surface area is 320 Å². The minimum atomic E-state index is -5.08. The van der Waals surface area contributed by atoms with E-state index in [0.717, 1.165) is 0 Å². The Morgan fingerprint density at radius 1 is 0.786 bits per heavy atom. The van der Waals surface area contributed by atoms with Crippen LogP contribution in [0.3, 0.4) is 0 Å². The zero-order valence-corrected chi connectivity index (χ0v) is 30.7. The highest BCUT2D eigenvalue weighted by Crippen LogP contribution is 2.15. The van der Waals surface area contributed by atoms with Crippen LogP contribution in [0, 0.1) is 0 Å². The number of unbranched alkanes of at least 4 members (excludes halogenated alkanes) is 2. The summed E-state index contributed by atoms with van der Waals surface area (Å²) in [6.07, 6.45) is -2.52. The second-order valence-corrected chi connectivity index (χ2v) is 12.2. The molecule has 1 fully saturated rings. The van der Waals surface area contributed by atoms with Crippen molar-refractivity contribution in [3.63, 3.8) is 0 Å². The third-order valence-corrected chi connectivity index (χ3v) is 7.69. The molecule has 6 amide bonds. The summed E-state index contributed by atoms with van der Waals surface area (Å²) in [7, 11) is 0. The summed E-state index contributed by atoms with van der Waals surface area (Å²) in [5.41, 5.74) is 22.7. The van der Waals surface area contributed by atoms with Gasteiger partial charge in [-0.05, 0) is 57.2 Å². The van der Waals surface area contributed by atoms with Crippen LogP contribution < -0.4 is 54.8 Å². The quantitative estimate of drug-likeness (QED) is 0.0661. The largest absolute Gasteiger partial charge is 0.490 e. The van der Waals surface area contributed by atoms with Crippen molar-refractivity contribution in [3.05, 3.63) is 35.9 Å². The molecular weight excluding hydrogens is 751 g/mol. The molecular formula is C33H52F3N11O9. The molecule has 0 unspecified atom stereocenters. The first-order valence-electron chi connectivity index (χ1n) is 17.6. The van der Waals surface area contributed by atoms with E-state index in [2.05, 4.69) is 36.9 Å². The number of aliphatic carboxylic acids is 1. The van der Waals surface area contributed by atoms with Crippen molar-refractivity contribution in [2.75, 3.05) is 39.5 Å². The van der Waals surface area contributed by atoms with E-state index in [1.807, 2.05) is 0 Å². The van der Waals surface area contributed by atoms with Gasteiger partial charge in [0.15, 0.2) is 5.96 Å². The van der Waals surface area contributed by atoms with Gasteiger partial charge in [0.2, 0.25) is 35.4 Å². The molecule has 0 aromatic heterocycles. The molecule has 1 aromatic carbocycles. The van der Waals surface area contributed by atoms with Crippen LogP contribution >= 0.6 is 0 Å². The summed E-state index contributed by atoms with van der Waals surface area (Å²) in [6.45, 7) is -0.0338. The predicted octanol–water partition coefficient (Wildman–Crippen LogP) is -2.54. The van der Waals surface area contributed by atoms with Gasteiger partial charge in [-0.3, -0.25) is 28.8 Å². The van der Waals surface area contributed by atoms with E-state index < -0.39 is 78.3 Å². The molecule has 314 valence electrons. The van der Waals surface area contributed by atoms with Gasteiger partial charge >= 0.3 is 12.1 Å². The summed E-state index contributed by atoms with van der Waals surface area (Å²) in [4.78, 5) is 91.3. The molecule has 0 bridgehead atoms. The number of carbonyl (C=O) groups is 7. The average molecular weight is 804 g/mol. The number of ether oxygens (including phenoxy) is 1. The summed E-state index contributed by atoms with van der Waals surface area (Å²) < 4.78 is 37.2. The molecule has 23 heteroatoms. The van der Waals surface area contributed by atoms with Gasteiger partial charge in [-0.1, -0.05) is 30.3 Å². The number of rotatable bonds is 10. The monoisotopic (exact) mass is 803 g/mol. The Morgan fingerprint density at radius 2 is 1.36 bits per heavy atom. The maximum Gasteiger partial charge on any atom is 0.490 e. The highest BCUT2D eigenvalue weighted by Gasteiger charge is 2.38. The second-order valence-electron chi connectivity index (χ2n) is 12.2. The third-order valence-electron chi connectivity index (χ3n) is 7.69. The summed E-state index contributed by atoms with van der Waals surface area (Å²) in [5.74, 6) is -6.66. The van der Waals surface area contributed by atoms with E-state index in [0.29, 0.717) is 44.3 Å². The van der Waals surface area contributed by atoms with Gasteiger partial charge in [0.25, 0.3) is 0 Å². The fourth-order valence-electron chi connectivity index (χ4n) is 4.84. The second kappa shape index (κ2) is 26.3. The number of nitrogens with one attached hydrogen (secondary N) is 6. The third kappa shape index (κ3) is 20.2. The lowest BCUT2D eigenvalue weighted by Crippen LogP contribution is -2.55. The van der Waals surface area contributed by atoms with Crippen molar-refractivity contribution in [3.8, 4) is 0 Å². The smallest absolute Gasteiger partial charge is 0.475 e. The Kier molecular flexibility index (Phi) is 22.8. The van der Waals surface area contributed by atoms with Crippen LogP contribution in [0.4, 0.5) is 13.2 Å². The standard InChI is InChI=1S/C31H51N11O7.C2HF3O2/c32-14-6-4-10-21-28(46)38-19-49-17-13-23(41-31(34)35)27(45)37-18-25(44)36-16-12-24(43)42-26(20-8-2-1-3-9-20)30(48)40-22(29(47)39-21)11-5-7-15-33;3-2(4,5)1(6)7/h1-3,8-9,21-23,26H,4-7,10-19,32-33H2,(H,36,44)(H,37,45)(H,38,46)(H,39,47)(H,40,48)(H,42,43)(H4,34,35,41);(H,6,7)/t21-,22-,23+,26+;/m0./s1. The highest BCUT2D eigenvalue weighted by atomic mass is 19.4. The summed E-state index contributed by atoms with van der Waals surface area (Å²) in [5, 5.41) is 22.9. The lowest BCUT2D eigenvalue weighted by molar-refractivity contribution is -0.192. The number of aliphatic imine (C=N–C) groups is 1. The maximum absolute atomic E-state index is 13.7. The number of carboxylic acid groups (broad SMARTS) is 1. The Bertz CT molecular complexity index is 1470. The maximum atomic E-state index is 13.7. The fraction of sp³-hybridized carbons (Fsp3) is 0.576. The fourth-order valence-corrected chi connectivity index (χ4v) is 4.84. The van der Waals surface area contributed by atoms with Crippen molar-refractivity contribution in [2.24, 2.45) is 27.9 Å². The van der Waals surface area contributed by atoms with E-state index >= 15 is 0 Å². The molecule has 56 heavy (non-hydrogen) atoms.